The summed E-state index contributed by atoms with van der Waals surface area (Å²) in [6, 6.07) is 11.5. The van der Waals surface area contributed by atoms with Gasteiger partial charge in [0, 0.05) is 18.9 Å². The molecule has 1 N–H and O–H groups in total. The van der Waals surface area contributed by atoms with Crippen molar-refractivity contribution < 1.29 is 29.0 Å². The molecule has 40 heavy (non-hydrogen) atoms. The van der Waals surface area contributed by atoms with Gasteiger partial charge in [0.2, 0.25) is 0 Å². The van der Waals surface area contributed by atoms with Crippen molar-refractivity contribution in [1.29, 1.82) is 0 Å². The number of amides is 1. The smallest absolute Gasteiger partial charge is 0.301 e. The fourth-order valence-corrected chi connectivity index (χ4v) is 6.06. The summed E-state index contributed by atoms with van der Waals surface area (Å²) in [5, 5.41) is 11.8. The zero-order chi connectivity index (χ0) is 28.7. The number of aryl methyl sites for hydroxylation is 1. The fourth-order valence-electron chi connectivity index (χ4n) is 5.07. The molecule has 0 unspecified atom stereocenters. The molecule has 1 fully saturated rings. The predicted octanol–water partition coefficient (Wildman–Crippen LogP) is 6.03. The monoisotopic (exact) mass is 560 g/mol. The van der Waals surface area contributed by atoms with Crippen molar-refractivity contribution in [2.24, 2.45) is 5.92 Å². The number of rotatable bonds is 8. The Morgan fingerprint density at radius 2 is 2.00 bits per heavy atom. The lowest BCUT2D eigenvalue weighted by Crippen LogP contribution is -2.29. The van der Waals surface area contributed by atoms with E-state index in [9.17, 15) is 19.5 Å². The van der Waals surface area contributed by atoms with Gasteiger partial charge in [0.25, 0.3) is 5.78 Å². The Morgan fingerprint density at radius 1 is 1.23 bits per heavy atom. The number of fused-ring (bicyclic) bond motifs is 1. The Hall–Kier alpha value is -3.98. The molecule has 1 aromatic heterocycles. The standard InChI is InChI=1S/C31H32N2O6S/c1-16(2)11-12-38-23-8-6-7-20(15-23)26-25(27(35)21-9-10-24-22(14-21)13-17(3)39-24)28(36)30(37)33(26)31-32-18(4)29(40-31)19(5)34/h6-10,14-17,26,35H,11-13H2,1-5H3/t17-,26+/m1/s1. The first-order chi connectivity index (χ1) is 19.0. The summed E-state index contributed by atoms with van der Waals surface area (Å²) in [7, 11) is 0. The van der Waals surface area contributed by atoms with Crippen molar-refractivity contribution in [2.75, 3.05) is 11.5 Å². The molecule has 2 aliphatic heterocycles. The normalized spacial score (nSPS) is 19.7. The molecule has 0 radical (unpaired) electrons. The van der Waals surface area contributed by atoms with Gasteiger partial charge in [-0.2, -0.15) is 0 Å². The molecular formula is C31H32N2O6S. The van der Waals surface area contributed by atoms with E-state index in [2.05, 4.69) is 18.8 Å². The summed E-state index contributed by atoms with van der Waals surface area (Å²) in [6.07, 6.45) is 1.56. The zero-order valence-electron chi connectivity index (χ0n) is 23.2. The van der Waals surface area contributed by atoms with Crippen LogP contribution in [0.15, 0.2) is 48.0 Å². The predicted molar refractivity (Wildman–Crippen MR) is 153 cm³/mol. The van der Waals surface area contributed by atoms with Crippen LogP contribution in [0.3, 0.4) is 0 Å². The van der Waals surface area contributed by atoms with Crippen molar-refractivity contribution in [2.45, 2.75) is 59.6 Å². The van der Waals surface area contributed by atoms with E-state index in [-0.39, 0.29) is 28.4 Å². The Kier molecular flexibility index (Phi) is 7.51. The molecule has 8 nitrogen and oxygen atoms in total. The number of thiazole rings is 1. The summed E-state index contributed by atoms with van der Waals surface area (Å²) in [5.41, 5.74) is 2.35. The van der Waals surface area contributed by atoms with Crippen molar-refractivity contribution in [3.8, 4) is 11.5 Å². The lowest BCUT2D eigenvalue weighted by atomic mass is 9.94. The number of benzene rings is 2. The maximum absolute atomic E-state index is 13.6. The number of anilines is 1. The fraction of sp³-hybridized carbons (Fsp3) is 0.355. The van der Waals surface area contributed by atoms with Crippen LogP contribution in [0, 0.1) is 12.8 Å². The number of nitrogens with zero attached hydrogens (tertiary/aromatic N) is 2. The van der Waals surface area contributed by atoms with Gasteiger partial charge in [-0.3, -0.25) is 19.3 Å². The SMILES string of the molecule is CC(=O)c1sc(N2C(=O)C(=O)C(=C(O)c3ccc4c(c3)C[C@@H](C)O4)[C@@H]2c2cccc(OCCC(C)C)c2)nc1C. The van der Waals surface area contributed by atoms with Gasteiger partial charge in [-0.1, -0.05) is 37.3 Å². The third-order valence-electron chi connectivity index (χ3n) is 7.06. The molecule has 1 saturated heterocycles. The largest absolute Gasteiger partial charge is 0.507 e. The van der Waals surface area contributed by atoms with E-state index in [1.54, 1.807) is 43.3 Å². The van der Waals surface area contributed by atoms with Crippen LogP contribution in [0.25, 0.3) is 5.76 Å². The van der Waals surface area contributed by atoms with Crippen LogP contribution in [0.4, 0.5) is 5.13 Å². The van der Waals surface area contributed by atoms with Crippen molar-refractivity contribution in [1.82, 2.24) is 4.98 Å². The van der Waals surface area contributed by atoms with Gasteiger partial charge >= 0.3 is 5.91 Å². The number of ketones is 2. The second kappa shape index (κ2) is 10.9. The maximum atomic E-state index is 13.6. The lowest BCUT2D eigenvalue weighted by molar-refractivity contribution is -0.132. The van der Waals surface area contributed by atoms with Crippen molar-refractivity contribution in [3.05, 3.63) is 75.3 Å². The highest BCUT2D eigenvalue weighted by atomic mass is 32.1. The highest BCUT2D eigenvalue weighted by Crippen LogP contribution is 2.45. The molecule has 2 aromatic carbocycles. The molecular weight excluding hydrogens is 528 g/mol. The van der Waals surface area contributed by atoms with Gasteiger partial charge in [-0.15, -0.1) is 0 Å². The highest BCUT2D eigenvalue weighted by Gasteiger charge is 2.48. The number of carbonyl (C=O) groups excluding carboxylic acids is 3. The molecule has 3 aromatic rings. The lowest BCUT2D eigenvalue weighted by Gasteiger charge is -2.23. The minimum atomic E-state index is -0.970. The van der Waals surface area contributed by atoms with Crippen LogP contribution >= 0.6 is 11.3 Å². The number of aromatic nitrogens is 1. The van der Waals surface area contributed by atoms with E-state index < -0.39 is 17.7 Å². The summed E-state index contributed by atoms with van der Waals surface area (Å²) >= 11 is 1.06. The number of carbonyl (C=O) groups is 3. The van der Waals surface area contributed by atoms with Crippen LogP contribution in [-0.2, 0) is 16.0 Å². The van der Waals surface area contributed by atoms with Gasteiger partial charge in [0.15, 0.2) is 10.9 Å². The molecule has 9 heteroatoms. The van der Waals surface area contributed by atoms with E-state index in [0.717, 1.165) is 29.1 Å². The van der Waals surface area contributed by atoms with Crippen LogP contribution < -0.4 is 14.4 Å². The minimum absolute atomic E-state index is 0.0139. The quantitative estimate of drug-likeness (QED) is 0.155. The van der Waals surface area contributed by atoms with Gasteiger partial charge < -0.3 is 14.6 Å². The molecule has 0 bridgehead atoms. The molecule has 208 valence electrons. The van der Waals surface area contributed by atoms with E-state index in [1.807, 2.05) is 13.0 Å². The zero-order valence-corrected chi connectivity index (χ0v) is 24.0. The first-order valence-corrected chi connectivity index (χ1v) is 14.2. The van der Waals surface area contributed by atoms with Crippen LogP contribution in [0.1, 0.15) is 72.2 Å². The summed E-state index contributed by atoms with van der Waals surface area (Å²) in [6.45, 7) is 9.84. The highest BCUT2D eigenvalue weighted by molar-refractivity contribution is 7.18. The summed E-state index contributed by atoms with van der Waals surface area (Å²) < 4.78 is 11.8. The second-order valence-corrected chi connectivity index (χ2v) is 11.7. The van der Waals surface area contributed by atoms with Gasteiger partial charge in [-0.25, -0.2) is 4.98 Å². The van der Waals surface area contributed by atoms with Crippen LogP contribution in [0.5, 0.6) is 11.5 Å². The number of aliphatic hydroxyl groups excluding tert-OH is 1. The van der Waals surface area contributed by atoms with E-state index in [0.29, 0.717) is 46.4 Å². The summed E-state index contributed by atoms with van der Waals surface area (Å²) in [4.78, 5) is 45.5. The first kappa shape index (κ1) is 27.6. The average Bonchev–Trinajstić information content (AvgIpc) is 3.55. The molecule has 5 rings (SSSR count). The van der Waals surface area contributed by atoms with E-state index in [1.165, 1.54) is 11.8 Å². The Balaban J connectivity index is 1.64. The van der Waals surface area contributed by atoms with E-state index in [4.69, 9.17) is 9.47 Å². The number of Topliss-reactive ketones (excluding diaryl/α,β-unsaturated/α-hetero) is 2. The molecule has 2 atom stereocenters. The molecule has 3 heterocycles. The number of ether oxygens (including phenoxy) is 2. The average molecular weight is 561 g/mol. The molecule has 1 amide bonds. The van der Waals surface area contributed by atoms with Crippen LogP contribution in [0.2, 0.25) is 0 Å². The van der Waals surface area contributed by atoms with Gasteiger partial charge in [0.1, 0.15) is 23.4 Å². The summed E-state index contributed by atoms with van der Waals surface area (Å²) in [5.74, 6) is -0.298. The maximum Gasteiger partial charge on any atom is 0.301 e. The van der Waals surface area contributed by atoms with E-state index >= 15 is 0 Å². The van der Waals surface area contributed by atoms with Crippen molar-refractivity contribution >= 4 is 39.7 Å². The number of hydrogen-bond acceptors (Lipinski definition) is 8. The molecule has 2 aliphatic rings. The Bertz CT molecular complexity index is 1540. The van der Waals surface area contributed by atoms with Crippen molar-refractivity contribution in [3.63, 3.8) is 0 Å². The number of aliphatic hydroxyl groups is 1. The molecule has 0 saturated carbocycles. The molecule has 0 aliphatic carbocycles. The molecule has 0 spiro atoms. The third-order valence-corrected chi connectivity index (χ3v) is 8.32. The third kappa shape index (κ3) is 5.13. The first-order valence-electron chi connectivity index (χ1n) is 13.4. The topological polar surface area (TPSA) is 106 Å². The minimum Gasteiger partial charge on any atom is -0.507 e. The number of hydrogen-bond donors (Lipinski definition) is 1. The second-order valence-electron chi connectivity index (χ2n) is 10.7. The Morgan fingerprint density at radius 3 is 2.70 bits per heavy atom. The van der Waals surface area contributed by atoms with Gasteiger partial charge in [0.05, 0.1) is 28.8 Å². The Labute approximate surface area is 237 Å². The van der Waals surface area contributed by atoms with Gasteiger partial charge in [-0.05, 0) is 67.6 Å². The van der Waals surface area contributed by atoms with Crippen LogP contribution in [-0.4, -0.2) is 40.3 Å².